The van der Waals surface area contributed by atoms with Gasteiger partial charge in [-0.1, -0.05) is 108 Å². The molecule has 4 aromatic carbocycles. The van der Waals surface area contributed by atoms with Crippen LogP contribution < -0.4 is 10.1 Å². The Hall–Kier alpha value is -4.44. The Morgan fingerprint density at radius 3 is 2.43 bits per heavy atom. The molecular formula is C42H49BrN4O4. The van der Waals surface area contributed by atoms with Crippen molar-refractivity contribution in [3.8, 4) is 16.9 Å². The zero-order valence-electron chi connectivity index (χ0n) is 29.1. The number of para-hydroxylation sites is 1. The molecule has 6 aromatic rings. The summed E-state index contributed by atoms with van der Waals surface area (Å²) < 4.78 is 22.4. The maximum absolute atomic E-state index is 13.9. The van der Waals surface area contributed by atoms with E-state index in [2.05, 4.69) is 74.3 Å². The largest absolute Gasteiger partial charge is 0.493 e. The van der Waals surface area contributed by atoms with E-state index in [9.17, 15) is 4.79 Å². The van der Waals surface area contributed by atoms with Gasteiger partial charge in [0.2, 0.25) is 0 Å². The Kier molecular flexibility index (Phi) is 13.5. The summed E-state index contributed by atoms with van der Waals surface area (Å²) in [6.45, 7) is 4.98. The van der Waals surface area contributed by atoms with Crippen molar-refractivity contribution < 1.29 is 19.0 Å². The van der Waals surface area contributed by atoms with Crippen LogP contribution in [0.2, 0.25) is 0 Å². The third-order valence-electron chi connectivity index (χ3n) is 9.03. The highest BCUT2D eigenvalue weighted by atomic mass is 79.9. The number of ether oxygens (including phenoxy) is 3. The second-order valence-electron chi connectivity index (χ2n) is 12.3. The van der Waals surface area contributed by atoms with Crippen molar-refractivity contribution in [1.82, 2.24) is 19.7 Å². The molecule has 2 heterocycles. The van der Waals surface area contributed by atoms with Gasteiger partial charge in [-0.05, 0) is 62.4 Å². The number of carbonyl (C=O) groups excluding carboxylic acids is 1. The normalized spacial score (nSPS) is 11.2. The Morgan fingerprint density at radius 1 is 0.902 bits per heavy atom. The van der Waals surface area contributed by atoms with Crippen molar-refractivity contribution in [2.45, 2.75) is 58.7 Å². The fraction of sp³-hybridized carbons (Fsp3) is 0.333. The van der Waals surface area contributed by atoms with Crippen LogP contribution in [-0.2, 0) is 48.0 Å². The van der Waals surface area contributed by atoms with E-state index in [0.717, 1.165) is 80.5 Å². The lowest BCUT2D eigenvalue weighted by molar-refractivity contribution is 0.0512. The lowest BCUT2D eigenvalue weighted by Crippen LogP contribution is -2.17. The van der Waals surface area contributed by atoms with Gasteiger partial charge >= 0.3 is 5.97 Å². The molecule has 0 bridgehead atoms. The van der Waals surface area contributed by atoms with E-state index in [1.807, 2.05) is 68.2 Å². The summed E-state index contributed by atoms with van der Waals surface area (Å²) in [5.41, 5.74) is 7.67. The monoisotopic (exact) mass is 752 g/mol. The summed E-state index contributed by atoms with van der Waals surface area (Å²) in [6, 6.07) is 30.9. The maximum Gasteiger partial charge on any atom is 0.355 e. The minimum Gasteiger partial charge on any atom is -0.493 e. The first kappa shape index (κ1) is 37.8. The molecule has 1 N–H and O–H groups in total. The van der Waals surface area contributed by atoms with E-state index in [0.29, 0.717) is 50.4 Å². The molecule has 51 heavy (non-hydrogen) atoms. The van der Waals surface area contributed by atoms with Gasteiger partial charge in [0.1, 0.15) is 11.4 Å². The van der Waals surface area contributed by atoms with Gasteiger partial charge in [0.25, 0.3) is 0 Å². The van der Waals surface area contributed by atoms with Gasteiger partial charge in [0.15, 0.2) is 0 Å². The molecule has 0 spiro atoms. The highest BCUT2D eigenvalue weighted by Gasteiger charge is 2.28. The van der Waals surface area contributed by atoms with Crippen molar-refractivity contribution in [3.05, 3.63) is 119 Å². The molecule has 0 fully saturated rings. The fourth-order valence-corrected chi connectivity index (χ4v) is 7.43. The number of nitrogens with one attached hydrogen (secondary N) is 1. The van der Waals surface area contributed by atoms with Crippen LogP contribution in [0.3, 0.4) is 0 Å². The average Bonchev–Trinajstić information content (AvgIpc) is 3.63. The summed E-state index contributed by atoms with van der Waals surface area (Å²) in [5, 5.41) is 12.1. The lowest BCUT2D eigenvalue weighted by Gasteiger charge is -2.14. The van der Waals surface area contributed by atoms with Crippen LogP contribution in [0.5, 0.6) is 5.75 Å². The number of nitrogens with zero attached hydrogens (tertiary/aromatic N) is 3. The van der Waals surface area contributed by atoms with E-state index in [-0.39, 0.29) is 13.4 Å². The summed E-state index contributed by atoms with van der Waals surface area (Å²) in [5.74, 6) is 0.564. The number of aryl methyl sites for hydroxylation is 3. The number of fused-ring (bicyclic) bond motifs is 2. The summed E-state index contributed by atoms with van der Waals surface area (Å²) in [6.07, 6.45) is 2.23. The van der Waals surface area contributed by atoms with Crippen LogP contribution in [0.1, 0.15) is 60.2 Å². The molecule has 9 heteroatoms. The molecule has 0 radical (unpaired) electrons. The molecule has 0 amide bonds. The second kappa shape index (κ2) is 18.2. The molecule has 0 aliphatic rings. The van der Waals surface area contributed by atoms with Crippen LogP contribution in [-0.4, -0.2) is 47.1 Å². The van der Waals surface area contributed by atoms with Gasteiger partial charge in [0, 0.05) is 40.8 Å². The average molecular weight is 754 g/mol. The molecule has 2 aromatic heterocycles. The molecule has 268 valence electrons. The molecule has 0 saturated heterocycles. The Balaban J connectivity index is 0.00000504. The smallest absolute Gasteiger partial charge is 0.355 e. The maximum atomic E-state index is 13.9. The topological polar surface area (TPSA) is 79.5 Å². The SMILES string of the molecule is C.CCOC(=O)c1c(CCCOc2cccc3ccccc23)c2cccc(-c3c(COCc4ccccc4)nn(C)c3CBr)c2n1CCCNC. The summed E-state index contributed by atoms with van der Waals surface area (Å²) >= 11 is 3.74. The lowest BCUT2D eigenvalue weighted by atomic mass is 9.98. The van der Waals surface area contributed by atoms with E-state index < -0.39 is 0 Å². The predicted octanol–water partition coefficient (Wildman–Crippen LogP) is 9.24. The number of carbonyl (C=O) groups is 1. The minimum absolute atomic E-state index is 0. The van der Waals surface area contributed by atoms with E-state index in [1.54, 1.807) is 0 Å². The molecule has 6 rings (SSSR count). The highest BCUT2D eigenvalue weighted by molar-refractivity contribution is 9.08. The van der Waals surface area contributed by atoms with Crippen molar-refractivity contribution >= 4 is 43.6 Å². The molecule has 0 aliphatic carbocycles. The fourth-order valence-electron chi connectivity index (χ4n) is 6.78. The molecular weight excluding hydrogens is 704 g/mol. The Morgan fingerprint density at radius 2 is 1.65 bits per heavy atom. The standard InChI is InChI=1S/C41H45BrN4O4.CH4/c1-4-49-41(47)40-33(21-12-25-50-37-22-10-17-30-16-8-9-18-31(30)37)32-19-11-20-34(39(32)46(40)24-13-23-43-2)38-35(44-45(3)36(38)26-42)28-48-27-29-14-6-5-7-15-29;/h5-11,14-20,22,43H,4,12-13,21,23-28H2,1-3H3;1H4. The van der Waals surface area contributed by atoms with E-state index >= 15 is 0 Å². The first-order valence-corrected chi connectivity index (χ1v) is 18.5. The zero-order chi connectivity index (χ0) is 34.9. The second-order valence-corrected chi connectivity index (χ2v) is 12.9. The van der Waals surface area contributed by atoms with Crippen LogP contribution in [0.15, 0.2) is 91.0 Å². The predicted molar refractivity (Wildman–Crippen MR) is 211 cm³/mol. The zero-order valence-corrected chi connectivity index (χ0v) is 30.7. The number of rotatable bonds is 17. The molecule has 0 saturated carbocycles. The van der Waals surface area contributed by atoms with Gasteiger partial charge in [-0.15, -0.1) is 0 Å². The third-order valence-corrected chi connectivity index (χ3v) is 9.56. The summed E-state index contributed by atoms with van der Waals surface area (Å²) in [4.78, 5) is 13.9. The number of hydrogen-bond acceptors (Lipinski definition) is 6. The number of alkyl halides is 1. The summed E-state index contributed by atoms with van der Waals surface area (Å²) in [7, 11) is 3.92. The van der Waals surface area contributed by atoms with Gasteiger partial charge in [-0.25, -0.2) is 4.79 Å². The van der Waals surface area contributed by atoms with Gasteiger partial charge < -0.3 is 24.1 Å². The van der Waals surface area contributed by atoms with Crippen molar-refractivity contribution in [3.63, 3.8) is 0 Å². The van der Waals surface area contributed by atoms with Crippen LogP contribution in [0.25, 0.3) is 32.8 Å². The van der Waals surface area contributed by atoms with Crippen LogP contribution >= 0.6 is 15.9 Å². The first-order chi connectivity index (χ1) is 24.5. The van der Waals surface area contributed by atoms with Crippen LogP contribution in [0, 0.1) is 0 Å². The number of benzene rings is 4. The Labute approximate surface area is 309 Å². The number of hydrogen-bond donors (Lipinski definition) is 1. The van der Waals surface area contributed by atoms with Crippen molar-refractivity contribution in [1.29, 1.82) is 0 Å². The first-order valence-electron chi connectivity index (χ1n) is 17.3. The third kappa shape index (κ3) is 8.38. The van der Waals surface area contributed by atoms with Gasteiger partial charge in [-0.3, -0.25) is 4.68 Å². The highest BCUT2D eigenvalue weighted by Crippen LogP contribution is 2.39. The number of esters is 1. The quantitative estimate of drug-likeness (QED) is 0.0569. The van der Waals surface area contributed by atoms with Crippen molar-refractivity contribution in [2.75, 3.05) is 26.8 Å². The molecule has 0 aliphatic heterocycles. The van der Waals surface area contributed by atoms with E-state index in [1.165, 1.54) is 0 Å². The molecule has 8 nitrogen and oxygen atoms in total. The van der Waals surface area contributed by atoms with Gasteiger partial charge in [-0.2, -0.15) is 5.10 Å². The van der Waals surface area contributed by atoms with Crippen LogP contribution in [0.4, 0.5) is 0 Å². The minimum atomic E-state index is -0.303. The van der Waals surface area contributed by atoms with Crippen molar-refractivity contribution in [2.24, 2.45) is 7.05 Å². The van der Waals surface area contributed by atoms with Gasteiger partial charge in [0.05, 0.1) is 43.3 Å². The van der Waals surface area contributed by atoms with E-state index in [4.69, 9.17) is 19.3 Å². The number of halogens is 1. The molecule has 0 unspecified atom stereocenters. The number of aromatic nitrogens is 3. The molecule has 0 atom stereocenters. The Bertz CT molecular complexity index is 2050.